The van der Waals surface area contributed by atoms with Crippen molar-refractivity contribution in [2.45, 2.75) is 13.8 Å². The maximum Gasteiger partial charge on any atom is 0.242 e. The Hall–Kier alpha value is -4.17. The van der Waals surface area contributed by atoms with E-state index >= 15 is 0 Å². The average molecular weight is 458 g/mol. The van der Waals surface area contributed by atoms with Gasteiger partial charge in [0.1, 0.15) is 5.58 Å². The van der Waals surface area contributed by atoms with Crippen LogP contribution in [0.1, 0.15) is 38.4 Å². The van der Waals surface area contributed by atoms with Gasteiger partial charge in [0.25, 0.3) is 0 Å². The maximum atomic E-state index is 13.6. The molecule has 3 heterocycles. The summed E-state index contributed by atoms with van der Waals surface area (Å²) >= 11 is 1.07. The van der Waals surface area contributed by atoms with Crippen LogP contribution in [0.4, 0.5) is 0 Å². The van der Waals surface area contributed by atoms with E-state index in [1.54, 1.807) is 49.4 Å². The van der Waals surface area contributed by atoms with Crippen LogP contribution in [-0.4, -0.2) is 31.3 Å². The summed E-state index contributed by atoms with van der Waals surface area (Å²) in [7, 11) is 0. The molecule has 164 valence electrons. The molecule has 7 nitrogen and oxygen atoms in total. The van der Waals surface area contributed by atoms with Gasteiger partial charge >= 0.3 is 0 Å². The molecule has 5 rings (SSSR count). The molecule has 2 aromatic carbocycles. The van der Waals surface area contributed by atoms with E-state index in [2.05, 4.69) is 4.98 Å². The van der Waals surface area contributed by atoms with E-state index in [9.17, 15) is 19.8 Å². The fraction of sp³-hybridized carbons (Fsp3) is 0.0800. The lowest BCUT2D eigenvalue weighted by atomic mass is 10.0. The van der Waals surface area contributed by atoms with Crippen molar-refractivity contribution in [2.75, 3.05) is 0 Å². The van der Waals surface area contributed by atoms with Gasteiger partial charge in [-0.2, -0.15) is 0 Å². The molecule has 0 aliphatic heterocycles. The molecule has 0 bridgehead atoms. The second-order valence-electron chi connectivity index (χ2n) is 7.54. The van der Waals surface area contributed by atoms with Crippen molar-refractivity contribution >= 4 is 33.9 Å². The third-order valence-corrected chi connectivity index (χ3v) is 6.58. The predicted octanol–water partition coefficient (Wildman–Crippen LogP) is 5.50. The second kappa shape index (κ2) is 7.75. The number of furan rings is 1. The number of aryl methyl sites for hydroxylation is 1. The van der Waals surface area contributed by atoms with Crippen molar-refractivity contribution in [1.82, 2.24) is 9.55 Å². The minimum atomic E-state index is -0.587. The van der Waals surface area contributed by atoms with Crippen molar-refractivity contribution in [3.63, 3.8) is 0 Å². The molecule has 2 N–H and O–H groups in total. The summed E-state index contributed by atoms with van der Waals surface area (Å²) in [6, 6.07) is 17.7. The molecular weight excluding hydrogens is 440 g/mol. The SMILES string of the molecule is CC(=O)c1sc(-n2c(O)c(O)c(C(=O)c3cc4ccccc4o3)c2-c2ccccc2)nc1C. The van der Waals surface area contributed by atoms with Gasteiger partial charge in [0.2, 0.25) is 11.7 Å². The van der Waals surface area contributed by atoms with Crippen molar-refractivity contribution in [3.8, 4) is 28.0 Å². The fourth-order valence-electron chi connectivity index (χ4n) is 3.84. The van der Waals surface area contributed by atoms with Gasteiger partial charge in [-0.3, -0.25) is 14.2 Å². The van der Waals surface area contributed by atoms with Gasteiger partial charge in [-0.05, 0) is 24.6 Å². The molecule has 3 aromatic heterocycles. The topological polar surface area (TPSA) is 106 Å². The molecule has 33 heavy (non-hydrogen) atoms. The first-order valence-electron chi connectivity index (χ1n) is 10.1. The zero-order valence-electron chi connectivity index (χ0n) is 17.7. The van der Waals surface area contributed by atoms with Crippen molar-refractivity contribution in [2.24, 2.45) is 0 Å². The Balaban J connectivity index is 1.78. The lowest BCUT2D eigenvalue weighted by Crippen LogP contribution is -2.04. The van der Waals surface area contributed by atoms with E-state index < -0.39 is 17.4 Å². The van der Waals surface area contributed by atoms with Crippen LogP contribution in [0.15, 0.2) is 65.1 Å². The van der Waals surface area contributed by atoms with E-state index in [0.717, 1.165) is 16.7 Å². The third kappa shape index (κ3) is 3.32. The first-order chi connectivity index (χ1) is 15.9. The van der Waals surface area contributed by atoms with Crippen molar-refractivity contribution in [1.29, 1.82) is 0 Å². The van der Waals surface area contributed by atoms with Gasteiger partial charge in [-0.1, -0.05) is 59.9 Å². The summed E-state index contributed by atoms with van der Waals surface area (Å²) in [6.07, 6.45) is 0. The Kier molecular flexibility index (Phi) is 4.87. The van der Waals surface area contributed by atoms with Crippen LogP contribution in [0.2, 0.25) is 0 Å². The Bertz CT molecular complexity index is 1510. The van der Waals surface area contributed by atoms with Gasteiger partial charge in [-0.25, -0.2) is 4.98 Å². The Morgan fingerprint density at radius 1 is 1.03 bits per heavy atom. The maximum absolute atomic E-state index is 13.6. The van der Waals surface area contributed by atoms with Crippen molar-refractivity contribution < 1.29 is 24.2 Å². The largest absolute Gasteiger partial charge is 0.503 e. The lowest BCUT2D eigenvalue weighted by Gasteiger charge is -2.08. The highest BCUT2D eigenvalue weighted by Crippen LogP contribution is 2.45. The minimum absolute atomic E-state index is 0.0283. The number of thiazole rings is 1. The van der Waals surface area contributed by atoms with Gasteiger partial charge in [0, 0.05) is 12.3 Å². The van der Waals surface area contributed by atoms with Gasteiger partial charge < -0.3 is 14.6 Å². The van der Waals surface area contributed by atoms with Crippen LogP contribution in [0.5, 0.6) is 11.6 Å². The number of nitrogens with zero attached hydrogens (tertiary/aromatic N) is 2. The Morgan fingerprint density at radius 2 is 1.73 bits per heavy atom. The molecular formula is C25H18N2O5S. The third-order valence-electron chi connectivity index (χ3n) is 5.34. The lowest BCUT2D eigenvalue weighted by molar-refractivity contribution is 0.100. The van der Waals surface area contributed by atoms with Gasteiger partial charge in [-0.15, -0.1) is 0 Å². The zero-order valence-corrected chi connectivity index (χ0v) is 18.5. The summed E-state index contributed by atoms with van der Waals surface area (Å²) in [5, 5.41) is 22.8. The van der Waals surface area contributed by atoms with Crippen LogP contribution in [0.25, 0.3) is 27.4 Å². The number of aromatic hydroxyl groups is 2. The molecule has 0 unspecified atom stereocenters. The quantitative estimate of drug-likeness (QED) is 0.337. The summed E-state index contributed by atoms with van der Waals surface area (Å²) in [6.45, 7) is 3.13. The zero-order chi connectivity index (χ0) is 23.3. The number of Topliss-reactive ketones (excluding diaryl/α,β-unsaturated/α-hetero) is 1. The highest BCUT2D eigenvalue weighted by atomic mass is 32.1. The molecule has 0 amide bonds. The van der Waals surface area contributed by atoms with E-state index in [0.29, 0.717) is 21.7 Å². The average Bonchev–Trinajstić information content (AvgIpc) is 3.48. The molecule has 0 fully saturated rings. The monoisotopic (exact) mass is 458 g/mol. The van der Waals surface area contributed by atoms with Crippen LogP contribution >= 0.6 is 11.3 Å². The molecule has 0 aliphatic rings. The highest BCUT2D eigenvalue weighted by Gasteiger charge is 2.32. The standard InChI is InChI=1S/C25H18N2O5S/c1-13-23(14(2)28)33-25(26-13)27-20(15-8-4-3-5-9-15)19(22(30)24(27)31)21(29)18-12-16-10-6-7-11-17(16)32-18/h3-12,30-31H,1-2H3. The molecule has 0 aliphatic carbocycles. The summed E-state index contributed by atoms with van der Waals surface area (Å²) < 4.78 is 7.03. The highest BCUT2D eigenvalue weighted by molar-refractivity contribution is 7.16. The first kappa shape index (κ1) is 20.7. The summed E-state index contributed by atoms with van der Waals surface area (Å²) in [5.41, 5.74) is 1.74. The number of hydrogen-bond acceptors (Lipinski definition) is 7. The Labute approximate surface area is 192 Å². The number of rotatable bonds is 5. The summed E-state index contributed by atoms with van der Waals surface area (Å²) in [5.74, 6) is -1.85. The van der Waals surface area contributed by atoms with Gasteiger partial charge in [0.15, 0.2) is 22.4 Å². The van der Waals surface area contributed by atoms with Crippen LogP contribution in [0.3, 0.4) is 0 Å². The second-order valence-corrected chi connectivity index (χ2v) is 8.52. The number of benzene rings is 2. The first-order valence-corrected chi connectivity index (χ1v) is 10.9. The minimum Gasteiger partial charge on any atom is -0.503 e. The van der Waals surface area contributed by atoms with Crippen LogP contribution in [-0.2, 0) is 0 Å². The number of aromatic nitrogens is 2. The molecule has 0 radical (unpaired) electrons. The fourth-order valence-corrected chi connectivity index (χ4v) is 4.81. The molecule has 0 spiro atoms. The molecule has 5 aromatic rings. The Morgan fingerprint density at radius 3 is 2.39 bits per heavy atom. The van der Waals surface area contributed by atoms with E-state index in [1.165, 1.54) is 11.5 Å². The smallest absolute Gasteiger partial charge is 0.242 e. The van der Waals surface area contributed by atoms with Crippen molar-refractivity contribution in [3.05, 3.63) is 82.6 Å². The molecule has 0 atom stereocenters. The van der Waals surface area contributed by atoms with Gasteiger partial charge in [0.05, 0.1) is 21.8 Å². The number of hydrogen-bond donors (Lipinski definition) is 2. The number of fused-ring (bicyclic) bond motifs is 1. The number of ketones is 2. The van der Waals surface area contributed by atoms with E-state index in [-0.39, 0.29) is 27.9 Å². The number of carbonyl (C=O) groups is 2. The number of carbonyl (C=O) groups excluding carboxylic acids is 2. The normalized spacial score (nSPS) is 11.2. The predicted molar refractivity (Wildman–Crippen MR) is 125 cm³/mol. The number of para-hydroxylation sites is 1. The van der Waals surface area contributed by atoms with E-state index in [4.69, 9.17) is 4.42 Å². The van der Waals surface area contributed by atoms with Crippen LogP contribution in [0, 0.1) is 6.92 Å². The molecule has 0 saturated carbocycles. The molecule has 0 saturated heterocycles. The summed E-state index contributed by atoms with van der Waals surface area (Å²) in [4.78, 5) is 30.4. The van der Waals surface area contributed by atoms with E-state index in [1.807, 2.05) is 18.2 Å². The molecule has 8 heteroatoms. The van der Waals surface area contributed by atoms with Crippen LogP contribution < -0.4 is 0 Å².